The predicted octanol–water partition coefficient (Wildman–Crippen LogP) is 3.28. The number of nitrogens with zero attached hydrogens (tertiary/aromatic N) is 3. The van der Waals surface area contributed by atoms with Gasteiger partial charge in [-0.05, 0) is 37.6 Å². The Hall–Kier alpha value is -2.99. The third kappa shape index (κ3) is 3.59. The van der Waals surface area contributed by atoms with Crippen LogP contribution in [0.2, 0.25) is 0 Å². The number of amides is 1. The van der Waals surface area contributed by atoms with Crippen LogP contribution in [0.3, 0.4) is 0 Å². The summed E-state index contributed by atoms with van der Waals surface area (Å²) in [6.07, 6.45) is 0. The predicted molar refractivity (Wildman–Crippen MR) is 95.9 cm³/mol. The number of nitrogens with one attached hydrogen (secondary N) is 1. The van der Waals surface area contributed by atoms with Gasteiger partial charge in [0, 0.05) is 12.8 Å². The Labute approximate surface area is 146 Å². The van der Waals surface area contributed by atoms with Crippen LogP contribution in [0.25, 0.3) is 5.69 Å². The van der Waals surface area contributed by atoms with E-state index in [0.29, 0.717) is 5.69 Å². The number of carbonyl (C=O) groups is 1. The summed E-state index contributed by atoms with van der Waals surface area (Å²) in [5, 5.41) is 11.1. The van der Waals surface area contributed by atoms with Crippen molar-refractivity contribution in [3.05, 3.63) is 71.0 Å². The average Bonchev–Trinajstić information content (AvgIpc) is 3.02. The molecular formula is C19H20N4O2. The van der Waals surface area contributed by atoms with Gasteiger partial charge in [0.15, 0.2) is 5.69 Å². The summed E-state index contributed by atoms with van der Waals surface area (Å²) >= 11 is 0. The Morgan fingerprint density at radius 1 is 1.16 bits per heavy atom. The zero-order valence-corrected chi connectivity index (χ0v) is 14.5. The molecule has 3 rings (SSSR count). The number of methoxy groups -OCH3 is 1. The molecule has 2 aromatic carbocycles. The minimum absolute atomic E-state index is 0.234. The molecule has 3 aromatic rings. The molecule has 0 fully saturated rings. The van der Waals surface area contributed by atoms with E-state index >= 15 is 0 Å². The van der Waals surface area contributed by atoms with Gasteiger partial charge in [-0.1, -0.05) is 41.1 Å². The van der Waals surface area contributed by atoms with E-state index in [1.165, 1.54) is 0 Å². The van der Waals surface area contributed by atoms with Crippen LogP contribution < -0.4 is 5.32 Å². The highest BCUT2D eigenvalue weighted by molar-refractivity contribution is 6.04. The lowest BCUT2D eigenvalue weighted by molar-refractivity contribution is 0.101. The van der Waals surface area contributed by atoms with E-state index in [1.54, 1.807) is 11.8 Å². The number of aryl methyl sites for hydroxylation is 2. The van der Waals surface area contributed by atoms with Gasteiger partial charge in [0.05, 0.1) is 12.3 Å². The quantitative estimate of drug-likeness (QED) is 0.776. The Bertz CT molecular complexity index is 888. The van der Waals surface area contributed by atoms with E-state index in [1.807, 2.05) is 62.4 Å². The van der Waals surface area contributed by atoms with E-state index in [4.69, 9.17) is 4.74 Å². The van der Waals surface area contributed by atoms with Crippen molar-refractivity contribution in [1.82, 2.24) is 15.0 Å². The van der Waals surface area contributed by atoms with Crippen molar-refractivity contribution < 1.29 is 9.53 Å². The second-order valence-electron chi connectivity index (χ2n) is 5.84. The number of aromatic nitrogens is 3. The first-order chi connectivity index (χ1) is 12.1. The van der Waals surface area contributed by atoms with Crippen molar-refractivity contribution in [3.63, 3.8) is 0 Å². The van der Waals surface area contributed by atoms with Crippen molar-refractivity contribution >= 4 is 11.6 Å². The summed E-state index contributed by atoms with van der Waals surface area (Å²) in [5.74, 6) is -0.304. The molecule has 0 aliphatic carbocycles. The maximum absolute atomic E-state index is 12.7. The molecule has 6 nitrogen and oxygen atoms in total. The third-order valence-corrected chi connectivity index (χ3v) is 3.89. The Morgan fingerprint density at radius 2 is 1.92 bits per heavy atom. The van der Waals surface area contributed by atoms with Gasteiger partial charge in [0.1, 0.15) is 5.69 Å². The molecule has 25 heavy (non-hydrogen) atoms. The molecule has 0 spiro atoms. The molecule has 1 aromatic heterocycles. The number of ether oxygens (including phenoxy) is 1. The molecular weight excluding hydrogens is 316 g/mol. The summed E-state index contributed by atoms with van der Waals surface area (Å²) < 4.78 is 6.87. The van der Waals surface area contributed by atoms with Gasteiger partial charge in [-0.3, -0.25) is 4.79 Å². The maximum atomic E-state index is 12.7. The van der Waals surface area contributed by atoms with Crippen LogP contribution in [0.15, 0.2) is 48.5 Å². The van der Waals surface area contributed by atoms with E-state index < -0.39 is 0 Å². The highest BCUT2D eigenvalue weighted by atomic mass is 16.5. The fourth-order valence-corrected chi connectivity index (χ4v) is 2.66. The van der Waals surface area contributed by atoms with E-state index in [9.17, 15) is 4.79 Å². The fourth-order valence-electron chi connectivity index (χ4n) is 2.66. The van der Waals surface area contributed by atoms with Crippen LogP contribution in [-0.2, 0) is 11.3 Å². The summed E-state index contributed by atoms with van der Waals surface area (Å²) in [4.78, 5) is 12.7. The number of rotatable bonds is 5. The summed E-state index contributed by atoms with van der Waals surface area (Å²) in [6.45, 7) is 4.21. The molecule has 0 bridgehead atoms. The van der Waals surface area contributed by atoms with Crippen LogP contribution in [0.4, 0.5) is 5.69 Å². The number of carbonyl (C=O) groups excluding carboxylic acids is 1. The topological polar surface area (TPSA) is 69.0 Å². The van der Waals surface area contributed by atoms with Crippen molar-refractivity contribution in [2.24, 2.45) is 0 Å². The van der Waals surface area contributed by atoms with E-state index in [2.05, 4.69) is 15.6 Å². The number of hydrogen-bond acceptors (Lipinski definition) is 4. The monoisotopic (exact) mass is 336 g/mol. The SMILES string of the molecule is COCc1c(C(=O)Nc2ccc(C)cc2C)nnn1-c1ccccc1. The van der Waals surface area contributed by atoms with Gasteiger partial charge < -0.3 is 10.1 Å². The molecule has 1 amide bonds. The number of anilines is 1. The smallest absolute Gasteiger partial charge is 0.278 e. The van der Waals surface area contributed by atoms with Crippen LogP contribution in [-0.4, -0.2) is 28.0 Å². The molecule has 0 unspecified atom stereocenters. The molecule has 1 N–H and O–H groups in total. The summed E-state index contributed by atoms with van der Waals surface area (Å²) in [7, 11) is 1.58. The fraction of sp³-hybridized carbons (Fsp3) is 0.211. The van der Waals surface area contributed by atoms with E-state index in [0.717, 1.165) is 22.5 Å². The third-order valence-electron chi connectivity index (χ3n) is 3.89. The highest BCUT2D eigenvalue weighted by Gasteiger charge is 2.21. The van der Waals surface area contributed by atoms with Crippen LogP contribution in [0.5, 0.6) is 0 Å². The second kappa shape index (κ2) is 7.27. The first-order valence-electron chi connectivity index (χ1n) is 7.97. The first kappa shape index (κ1) is 16.9. The second-order valence-corrected chi connectivity index (χ2v) is 5.84. The van der Waals surface area contributed by atoms with Crippen molar-refractivity contribution in [2.45, 2.75) is 20.5 Å². The van der Waals surface area contributed by atoms with Crippen LogP contribution in [0.1, 0.15) is 27.3 Å². The van der Waals surface area contributed by atoms with E-state index in [-0.39, 0.29) is 18.2 Å². The summed E-state index contributed by atoms with van der Waals surface area (Å²) in [6, 6.07) is 15.4. The van der Waals surface area contributed by atoms with Gasteiger partial charge in [-0.25, -0.2) is 4.68 Å². The van der Waals surface area contributed by atoms with Gasteiger partial charge in [0.25, 0.3) is 5.91 Å². The standard InChI is InChI=1S/C19H20N4O2/c1-13-9-10-16(14(2)11-13)20-19(24)18-17(12-25-3)23(22-21-18)15-7-5-4-6-8-15/h4-11H,12H2,1-3H3,(H,20,24). The Balaban J connectivity index is 1.93. The molecule has 1 heterocycles. The van der Waals surface area contributed by atoms with Gasteiger partial charge >= 0.3 is 0 Å². The Kier molecular flexibility index (Phi) is 4.90. The number of para-hydroxylation sites is 1. The van der Waals surface area contributed by atoms with Crippen molar-refractivity contribution in [3.8, 4) is 5.69 Å². The van der Waals surface area contributed by atoms with Crippen LogP contribution in [0, 0.1) is 13.8 Å². The van der Waals surface area contributed by atoms with Crippen molar-refractivity contribution in [2.75, 3.05) is 12.4 Å². The van der Waals surface area contributed by atoms with Crippen LogP contribution >= 0.6 is 0 Å². The largest absolute Gasteiger partial charge is 0.378 e. The van der Waals surface area contributed by atoms with Gasteiger partial charge in [-0.15, -0.1) is 5.10 Å². The molecule has 0 saturated carbocycles. The normalized spacial score (nSPS) is 10.7. The number of benzene rings is 2. The Morgan fingerprint density at radius 3 is 2.60 bits per heavy atom. The maximum Gasteiger partial charge on any atom is 0.278 e. The summed E-state index contributed by atoms with van der Waals surface area (Å²) in [5.41, 5.74) is 4.59. The molecule has 0 atom stereocenters. The van der Waals surface area contributed by atoms with Gasteiger partial charge in [0.2, 0.25) is 0 Å². The zero-order valence-electron chi connectivity index (χ0n) is 14.5. The lowest BCUT2D eigenvalue weighted by Gasteiger charge is -2.10. The minimum atomic E-state index is -0.304. The minimum Gasteiger partial charge on any atom is -0.378 e. The zero-order chi connectivity index (χ0) is 17.8. The molecule has 128 valence electrons. The van der Waals surface area contributed by atoms with Crippen molar-refractivity contribution in [1.29, 1.82) is 0 Å². The van der Waals surface area contributed by atoms with Gasteiger partial charge in [-0.2, -0.15) is 0 Å². The lowest BCUT2D eigenvalue weighted by atomic mass is 10.1. The molecule has 0 saturated heterocycles. The molecule has 0 aliphatic rings. The molecule has 0 aliphatic heterocycles. The molecule has 6 heteroatoms. The highest BCUT2D eigenvalue weighted by Crippen LogP contribution is 2.19. The average molecular weight is 336 g/mol. The first-order valence-corrected chi connectivity index (χ1v) is 7.97. The number of hydrogen-bond donors (Lipinski definition) is 1. The molecule has 0 radical (unpaired) electrons. The lowest BCUT2D eigenvalue weighted by Crippen LogP contribution is -2.16.